The standard InChI is InChI=1S/C12H14BrClO3S/c1-7(15)18-5-4-11(16)12(17)9-3-2-8(14)6-10(9)13/h2-3,6,11-12,16-17H,4-5H2,1H3. The molecule has 0 aliphatic rings. The maximum Gasteiger partial charge on any atom is 0.185 e. The van der Waals surface area contributed by atoms with Crippen molar-refractivity contribution in [3.8, 4) is 0 Å². The average Bonchev–Trinajstić information content (AvgIpc) is 2.27. The molecule has 0 saturated carbocycles. The zero-order chi connectivity index (χ0) is 13.7. The number of rotatable bonds is 5. The quantitative estimate of drug-likeness (QED) is 0.853. The second-order valence-electron chi connectivity index (χ2n) is 3.81. The molecule has 0 bridgehead atoms. The molecule has 0 aliphatic heterocycles. The van der Waals surface area contributed by atoms with E-state index in [0.717, 1.165) is 11.8 Å². The third kappa shape index (κ3) is 4.90. The third-order valence-electron chi connectivity index (χ3n) is 2.36. The highest BCUT2D eigenvalue weighted by atomic mass is 79.9. The topological polar surface area (TPSA) is 57.5 Å². The van der Waals surface area contributed by atoms with Crippen LogP contribution in [-0.2, 0) is 4.79 Å². The van der Waals surface area contributed by atoms with Crippen molar-refractivity contribution in [2.75, 3.05) is 5.75 Å². The van der Waals surface area contributed by atoms with Gasteiger partial charge in [0.25, 0.3) is 0 Å². The first-order valence-corrected chi connectivity index (χ1v) is 7.52. The molecular weight excluding hydrogens is 340 g/mol. The predicted octanol–water partition coefficient (Wildman–Crippen LogP) is 3.17. The number of hydrogen-bond donors (Lipinski definition) is 2. The summed E-state index contributed by atoms with van der Waals surface area (Å²) in [7, 11) is 0. The van der Waals surface area contributed by atoms with E-state index in [0.29, 0.717) is 27.2 Å². The van der Waals surface area contributed by atoms with E-state index in [-0.39, 0.29) is 5.12 Å². The maximum absolute atomic E-state index is 10.8. The van der Waals surface area contributed by atoms with Gasteiger partial charge in [-0.15, -0.1) is 0 Å². The highest BCUT2D eigenvalue weighted by molar-refractivity contribution is 9.10. The van der Waals surface area contributed by atoms with Gasteiger partial charge >= 0.3 is 0 Å². The second-order valence-corrected chi connectivity index (χ2v) is 6.37. The lowest BCUT2D eigenvalue weighted by Gasteiger charge is -2.19. The van der Waals surface area contributed by atoms with E-state index >= 15 is 0 Å². The van der Waals surface area contributed by atoms with Crippen LogP contribution in [0.5, 0.6) is 0 Å². The Morgan fingerprint density at radius 2 is 2.17 bits per heavy atom. The molecular formula is C12H14BrClO3S. The van der Waals surface area contributed by atoms with Crippen molar-refractivity contribution < 1.29 is 15.0 Å². The summed E-state index contributed by atoms with van der Waals surface area (Å²) in [6, 6.07) is 4.98. The Balaban J connectivity index is 2.62. The van der Waals surface area contributed by atoms with E-state index < -0.39 is 12.2 Å². The summed E-state index contributed by atoms with van der Waals surface area (Å²) in [5, 5.41) is 20.4. The van der Waals surface area contributed by atoms with E-state index in [1.165, 1.54) is 6.92 Å². The molecule has 0 aromatic heterocycles. The molecule has 2 atom stereocenters. The van der Waals surface area contributed by atoms with Gasteiger partial charge in [-0.3, -0.25) is 4.79 Å². The van der Waals surface area contributed by atoms with Crippen LogP contribution in [0.1, 0.15) is 25.0 Å². The molecule has 6 heteroatoms. The Bertz CT molecular complexity index is 428. The molecule has 0 heterocycles. The molecule has 3 nitrogen and oxygen atoms in total. The number of thioether (sulfide) groups is 1. The molecule has 0 radical (unpaired) electrons. The van der Waals surface area contributed by atoms with Crippen LogP contribution >= 0.6 is 39.3 Å². The van der Waals surface area contributed by atoms with Crippen LogP contribution in [0, 0.1) is 0 Å². The van der Waals surface area contributed by atoms with Crippen molar-refractivity contribution in [3.05, 3.63) is 33.3 Å². The highest BCUT2D eigenvalue weighted by Crippen LogP contribution is 2.29. The lowest BCUT2D eigenvalue weighted by molar-refractivity contribution is -0.109. The molecule has 0 fully saturated rings. The van der Waals surface area contributed by atoms with E-state index in [1.807, 2.05) is 0 Å². The highest BCUT2D eigenvalue weighted by Gasteiger charge is 2.20. The fourth-order valence-electron chi connectivity index (χ4n) is 1.43. The SMILES string of the molecule is CC(=O)SCCC(O)C(O)c1ccc(Cl)cc1Br. The van der Waals surface area contributed by atoms with E-state index in [4.69, 9.17) is 11.6 Å². The van der Waals surface area contributed by atoms with Crippen LogP contribution in [0.4, 0.5) is 0 Å². The smallest absolute Gasteiger partial charge is 0.185 e. The van der Waals surface area contributed by atoms with Crippen molar-refractivity contribution in [2.24, 2.45) is 0 Å². The Morgan fingerprint density at radius 3 is 2.72 bits per heavy atom. The predicted molar refractivity (Wildman–Crippen MR) is 77.9 cm³/mol. The first kappa shape index (κ1) is 16.0. The van der Waals surface area contributed by atoms with Crippen molar-refractivity contribution >= 4 is 44.4 Å². The van der Waals surface area contributed by atoms with Crippen LogP contribution in [-0.4, -0.2) is 27.2 Å². The molecule has 2 unspecified atom stereocenters. The van der Waals surface area contributed by atoms with Gasteiger partial charge in [0.2, 0.25) is 0 Å². The number of hydrogen-bond acceptors (Lipinski definition) is 4. The normalized spacial score (nSPS) is 14.3. The van der Waals surface area contributed by atoms with E-state index in [9.17, 15) is 15.0 Å². The number of aliphatic hydroxyl groups excluding tert-OH is 2. The Hall–Kier alpha value is -0.0700. The van der Waals surface area contributed by atoms with Gasteiger partial charge in [-0.1, -0.05) is 45.4 Å². The minimum absolute atomic E-state index is 0.00404. The third-order valence-corrected chi connectivity index (χ3v) is 4.13. The molecule has 0 saturated heterocycles. The van der Waals surface area contributed by atoms with Gasteiger partial charge in [0.15, 0.2) is 5.12 Å². The maximum atomic E-state index is 10.8. The van der Waals surface area contributed by atoms with Gasteiger partial charge in [0.05, 0.1) is 6.10 Å². The zero-order valence-corrected chi connectivity index (χ0v) is 12.9. The van der Waals surface area contributed by atoms with Crippen LogP contribution in [0.15, 0.2) is 22.7 Å². The number of aliphatic hydroxyl groups is 2. The van der Waals surface area contributed by atoms with E-state index in [2.05, 4.69) is 15.9 Å². The molecule has 0 spiro atoms. The first-order valence-electron chi connectivity index (χ1n) is 5.36. The zero-order valence-electron chi connectivity index (χ0n) is 9.77. The molecule has 2 N–H and O–H groups in total. The average molecular weight is 354 g/mol. The number of halogens is 2. The van der Waals surface area contributed by atoms with Gasteiger partial charge in [0.1, 0.15) is 6.10 Å². The summed E-state index contributed by atoms with van der Waals surface area (Å²) < 4.78 is 0.653. The summed E-state index contributed by atoms with van der Waals surface area (Å²) in [5.41, 5.74) is 0.583. The second kappa shape index (κ2) is 7.50. The van der Waals surface area contributed by atoms with Crippen molar-refractivity contribution in [2.45, 2.75) is 25.6 Å². The minimum atomic E-state index is -0.996. The van der Waals surface area contributed by atoms with Crippen LogP contribution in [0.3, 0.4) is 0 Å². The van der Waals surface area contributed by atoms with Crippen molar-refractivity contribution in [1.82, 2.24) is 0 Å². The summed E-state index contributed by atoms with van der Waals surface area (Å²) >= 11 is 10.2. The van der Waals surface area contributed by atoms with Gasteiger partial charge in [-0.25, -0.2) is 0 Å². The molecule has 0 aliphatic carbocycles. The number of benzene rings is 1. The Labute approximate surface area is 124 Å². The van der Waals surface area contributed by atoms with Crippen molar-refractivity contribution in [1.29, 1.82) is 0 Å². The molecule has 100 valence electrons. The minimum Gasteiger partial charge on any atom is -0.390 e. The first-order chi connectivity index (χ1) is 8.41. The Morgan fingerprint density at radius 1 is 1.50 bits per heavy atom. The monoisotopic (exact) mass is 352 g/mol. The molecule has 1 aromatic carbocycles. The molecule has 1 aromatic rings. The van der Waals surface area contributed by atoms with Crippen molar-refractivity contribution in [3.63, 3.8) is 0 Å². The molecule has 0 amide bonds. The van der Waals surface area contributed by atoms with Gasteiger partial charge in [0, 0.05) is 22.2 Å². The fourth-order valence-corrected chi connectivity index (χ4v) is 2.99. The van der Waals surface area contributed by atoms with Crippen LogP contribution in [0.25, 0.3) is 0 Å². The lowest BCUT2D eigenvalue weighted by atomic mass is 10.0. The molecule has 1 rings (SSSR count). The van der Waals surface area contributed by atoms with Gasteiger partial charge in [-0.05, 0) is 24.1 Å². The van der Waals surface area contributed by atoms with E-state index in [1.54, 1.807) is 18.2 Å². The Kier molecular flexibility index (Phi) is 6.66. The van der Waals surface area contributed by atoms with Crippen LogP contribution in [0.2, 0.25) is 5.02 Å². The summed E-state index contributed by atoms with van der Waals surface area (Å²) in [6.45, 7) is 1.48. The summed E-state index contributed by atoms with van der Waals surface area (Å²) in [6.07, 6.45) is -1.56. The van der Waals surface area contributed by atoms with Crippen LogP contribution < -0.4 is 0 Å². The fraction of sp³-hybridized carbons (Fsp3) is 0.417. The molecule has 18 heavy (non-hydrogen) atoms. The largest absolute Gasteiger partial charge is 0.390 e. The van der Waals surface area contributed by atoms with Gasteiger partial charge in [-0.2, -0.15) is 0 Å². The number of carbonyl (C=O) groups excluding carboxylic acids is 1. The number of carbonyl (C=O) groups is 1. The summed E-state index contributed by atoms with van der Waals surface area (Å²) in [5.74, 6) is 0.485. The summed E-state index contributed by atoms with van der Waals surface area (Å²) in [4.78, 5) is 10.8. The lowest BCUT2D eigenvalue weighted by Crippen LogP contribution is -2.19. The van der Waals surface area contributed by atoms with Gasteiger partial charge < -0.3 is 10.2 Å².